The quantitative estimate of drug-likeness (QED) is 0.569. The number of ketones is 1. The van der Waals surface area contributed by atoms with Crippen LogP contribution in [0.15, 0.2) is 12.3 Å². The van der Waals surface area contributed by atoms with Crippen molar-refractivity contribution in [1.82, 2.24) is 9.78 Å². The van der Waals surface area contributed by atoms with Gasteiger partial charge in [0.25, 0.3) is 0 Å². The summed E-state index contributed by atoms with van der Waals surface area (Å²) >= 11 is 0. The smallest absolute Gasteiger partial charge is 0.232 e. The summed E-state index contributed by atoms with van der Waals surface area (Å²) < 4.78 is 1.56. The monoisotopic (exact) mass is 251 g/mol. The van der Waals surface area contributed by atoms with Crippen LogP contribution < -0.4 is 5.32 Å². The third-order valence-corrected chi connectivity index (χ3v) is 2.76. The van der Waals surface area contributed by atoms with Crippen LogP contribution >= 0.6 is 0 Å². The Kier molecular flexibility index (Phi) is 6.11. The Morgan fingerprint density at radius 1 is 1.33 bits per heavy atom. The Labute approximate surface area is 108 Å². The maximum Gasteiger partial charge on any atom is 0.232 e. The number of aromatic nitrogens is 2. The lowest BCUT2D eigenvalue weighted by Crippen LogP contribution is -2.18. The summed E-state index contributed by atoms with van der Waals surface area (Å²) in [4.78, 5) is 23.1. The van der Waals surface area contributed by atoms with Crippen LogP contribution in [0.3, 0.4) is 0 Å². The van der Waals surface area contributed by atoms with E-state index in [1.165, 1.54) is 0 Å². The molecule has 0 aromatic carbocycles. The molecule has 100 valence electrons. The van der Waals surface area contributed by atoms with Crippen molar-refractivity contribution in [3.63, 3.8) is 0 Å². The average molecular weight is 251 g/mol. The molecule has 0 aliphatic rings. The molecule has 18 heavy (non-hydrogen) atoms. The van der Waals surface area contributed by atoms with Crippen molar-refractivity contribution in [1.29, 1.82) is 0 Å². The summed E-state index contributed by atoms with van der Waals surface area (Å²) in [6.07, 6.45) is 6.29. The van der Waals surface area contributed by atoms with Crippen LogP contribution in [0.25, 0.3) is 0 Å². The van der Waals surface area contributed by atoms with Gasteiger partial charge in [0, 0.05) is 19.5 Å². The van der Waals surface area contributed by atoms with Crippen LogP contribution in [0.1, 0.15) is 45.4 Å². The van der Waals surface area contributed by atoms with Gasteiger partial charge in [-0.1, -0.05) is 26.2 Å². The first-order valence-corrected chi connectivity index (χ1v) is 6.43. The van der Waals surface area contributed by atoms with Gasteiger partial charge in [0.15, 0.2) is 0 Å². The number of amides is 1. The molecule has 0 atom stereocenters. The van der Waals surface area contributed by atoms with Crippen LogP contribution in [-0.4, -0.2) is 21.5 Å². The molecule has 1 aromatic rings. The second-order valence-corrected chi connectivity index (χ2v) is 4.41. The topological polar surface area (TPSA) is 64.0 Å². The highest BCUT2D eigenvalue weighted by atomic mass is 16.2. The van der Waals surface area contributed by atoms with Crippen LogP contribution in [0.2, 0.25) is 0 Å². The molecule has 0 aliphatic heterocycles. The van der Waals surface area contributed by atoms with E-state index in [0.717, 1.165) is 25.7 Å². The number of nitrogens with one attached hydrogen (secondary N) is 1. The first kappa shape index (κ1) is 14.4. The Morgan fingerprint density at radius 3 is 2.72 bits per heavy atom. The number of hydrogen-bond acceptors (Lipinski definition) is 3. The molecule has 5 nitrogen and oxygen atoms in total. The molecule has 5 heteroatoms. The molecule has 0 spiro atoms. The van der Waals surface area contributed by atoms with E-state index in [9.17, 15) is 9.59 Å². The average Bonchev–Trinajstić information content (AvgIpc) is 2.70. The predicted octanol–water partition coefficient (Wildman–Crippen LogP) is 2.29. The molecule has 0 aliphatic carbocycles. The minimum absolute atomic E-state index is 0.00534. The molecule has 0 saturated heterocycles. The van der Waals surface area contributed by atoms with E-state index in [1.807, 2.05) is 0 Å². The molecule has 0 saturated carbocycles. The lowest BCUT2D eigenvalue weighted by atomic mass is 10.1. The summed E-state index contributed by atoms with van der Waals surface area (Å²) in [6, 6.07) is 1.70. The Bertz CT molecular complexity index is 399. The lowest BCUT2D eigenvalue weighted by Gasteiger charge is -2.04. The molecule has 0 unspecified atom stereocenters. The van der Waals surface area contributed by atoms with Crippen molar-refractivity contribution in [3.05, 3.63) is 12.3 Å². The lowest BCUT2D eigenvalue weighted by molar-refractivity contribution is -0.125. The number of carbonyl (C=O) groups is 2. The fourth-order valence-corrected chi connectivity index (χ4v) is 1.70. The van der Waals surface area contributed by atoms with Crippen LogP contribution in [0.5, 0.6) is 0 Å². The number of Topliss-reactive ketones (excluding diaryl/α,β-unsaturated/α-hetero) is 1. The summed E-state index contributed by atoms with van der Waals surface area (Å²) in [7, 11) is 1.74. The first-order valence-electron chi connectivity index (χ1n) is 6.43. The molecule has 1 rings (SSSR count). The SMILES string of the molecule is CCCCCCC(=O)CC(=O)Nc1ccnn1C. The molecule has 1 aromatic heterocycles. The Balaban J connectivity index is 2.23. The maximum absolute atomic E-state index is 11.6. The van der Waals surface area contributed by atoms with E-state index in [0.29, 0.717) is 12.2 Å². The van der Waals surface area contributed by atoms with Crippen molar-refractivity contribution < 1.29 is 9.59 Å². The van der Waals surface area contributed by atoms with Gasteiger partial charge in [-0.15, -0.1) is 0 Å². The second kappa shape index (κ2) is 7.63. The Morgan fingerprint density at radius 2 is 2.11 bits per heavy atom. The van der Waals surface area contributed by atoms with Crippen molar-refractivity contribution in [3.8, 4) is 0 Å². The highest BCUT2D eigenvalue weighted by Gasteiger charge is 2.10. The van der Waals surface area contributed by atoms with Crippen LogP contribution in [0, 0.1) is 0 Å². The fourth-order valence-electron chi connectivity index (χ4n) is 1.70. The molecule has 1 heterocycles. The van der Waals surface area contributed by atoms with Crippen molar-refractivity contribution in [2.24, 2.45) is 7.05 Å². The summed E-state index contributed by atoms with van der Waals surface area (Å²) in [5.74, 6) is 0.351. The number of nitrogens with zero attached hydrogens (tertiary/aromatic N) is 2. The second-order valence-electron chi connectivity index (χ2n) is 4.41. The van der Waals surface area contributed by atoms with Crippen molar-refractivity contribution in [2.45, 2.75) is 45.4 Å². The van der Waals surface area contributed by atoms with E-state index >= 15 is 0 Å². The summed E-state index contributed by atoms with van der Waals surface area (Å²) in [5.41, 5.74) is 0. The maximum atomic E-state index is 11.6. The predicted molar refractivity (Wildman–Crippen MR) is 70.2 cm³/mol. The van der Waals surface area contributed by atoms with Gasteiger partial charge in [0.05, 0.1) is 12.6 Å². The minimum Gasteiger partial charge on any atom is -0.311 e. The molecular formula is C13H21N3O2. The standard InChI is InChI=1S/C13H21N3O2/c1-3-4-5-6-7-11(17)10-13(18)15-12-8-9-14-16(12)2/h8-9H,3-7,10H2,1-2H3,(H,15,18). The molecule has 1 N–H and O–H groups in total. The van der Waals surface area contributed by atoms with E-state index in [4.69, 9.17) is 0 Å². The van der Waals surface area contributed by atoms with Crippen LogP contribution in [0.4, 0.5) is 5.82 Å². The van der Waals surface area contributed by atoms with E-state index in [2.05, 4.69) is 17.3 Å². The third kappa shape index (κ3) is 5.12. The fraction of sp³-hybridized carbons (Fsp3) is 0.615. The minimum atomic E-state index is -0.265. The van der Waals surface area contributed by atoms with Crippen molar-refractivity contribution >= 4 is 17.5 Å². The summed E-state index contributed by atoms with van der Waals surface area (Å²) in [6.45, 7) is 2.13. The highest BCUT2D eigenvalue weighted by molar-refractivity contribution is 6.03. The number of unbranched alkanes of at least 4 members (excludes halogenated alkanes) is 3. The summed E-state index contributed by atoms with van der Waals surface area (Å²) in [5, 5.41) is 6.60. The van der Waals surface area contributed by atoms with Gasteiger partial charge in [0.2, 0.25) is 5.91 Å². The molecular weight excluding hydrogens is 230 g/mol. The van der Waals surface area contributed by atoms with Gasteiger partial charge in [-0.25, -0.2) is 0 Å². The van der Waals surface area contributed by atoms with Gasteiger partial charge in [-0.3, -0.25) is 14.3 Å². The van der Waals surface area contributed by atoms with E-state index in [-0.39, 0.29) is 18.1 Å². The van der Waals surface area contributed by atoms with E-state index < -0.39 is 0 Å². The molecule has 0 radical (unpaired) electrons. The number of anilines is 1. The number of carbonyl (C=O) groups excluding carboxylic acids is 2. The molecule has 0 fully saturated rings. The zero-order valence-electron chi connectivity index (χ0n) is 11.1. The number of hydrogen-bond donors (Lipinski definition) is 1. The molecule has 1 amide bonds. The highest BCUT2D eigenvalue weighted by Crippen LogP contribution is 2.07. The number of aryl methyl sites for hydroxylation is 1. The van der Waals surface area contributed by atoms with Gasteiger partial charge < -0.3 is 5.32 Å². The zero-order valence-corrected chi connectivity index (χ0v) is 11.1. The zero-order chi connectivity index (χ0) is 13.4. The van der Waals surface area contributed by atoms with Crippen molar-refractivity contribution in [2.75, 3.05) is 5.32 Å². The largest absolute Gasteiger partial charge is 0.311 e. The molecule has 0 bridgehead atoms. The first-order chi connectivity index (χ1) is 8.63. The van der Waals surface area contributed by atoms with Gasteiger partial charge in [-0.2, -0.15) is 5.10 Å². The van der Waals surface area contributed by atoms with Gasteiger partial charge in [-0.05, 0) is 6.42 Å². The number of rotatable bonds is 8. The Hall–Kier alpha value is -1.65. The van der Waals surface area contributed by atoms with Gasteiger partial charge in [0.1, 0.15) is 11.6 Å². The normalized spacial score (nSPS) is 10.3. The van der Waals surface area contributed by atoms with Gasteiger partial charge >= 0.3 is 0 Å². The van der Waals surface area contributed by atoms with E-state index in [1.54, 1.807) is 24.0 Å². The third-order valence-electron chi connectivity index (χ3n) is 2.76. The van der Waals surface area contributed by atoms with Crippen LogP contribution in [-0.2, 0) is 16.6 Å².